The van der Waals surface area contributed by atoms with Crippen molar-refractivity contribution >= 4 is 49.9 Å². The molecule has 0 atom stereocenters. The van der Waals surface area contributed by atoms with Gasteiger partial charge in [0.15, 0.2) is 5.13 Å². The van der Waals surface area contributed by atoms with Gasteiger partial charge in [0, 0.05) is 24.0 Å². The van der Waals surface area contributed by atoms with Crippen molar-refractivity contribution in [3.63, 3.8) is 0 Å². The normalized spacial score (nSPS) is 15.3. The summed E-state index contributed by atoms with van der Waals surface area (Å²) < 4.78 is 7.21. The zero-order valence-electron chi connectivity index (χ0n) is 16.0. The summed E-state index contributed by atoms with van der Waals surface area (Å²) in [6.45, 7) is 4.95. The molecule has 2 heterocycles. The molecule has 148 valence electrons. The Morgan fingerprint density at radius 1 is 1.18 bits per heavy atom. The predicted octanol–water partition coefficient (Wildman–Crippen LogP) is 6.68. The molecule has 1 saturated heterocycles. The van der Waals surface area contributed by atoms with E-state index in [4.69, 9.17) is 32.9 Å². The minimum Gasteiger partial charge on any atom is -0.493 e. The molecular weight excluding hydrogens is 411 g/mol. The van der Waals surface area contributed by atoms with E-state index in [9.17, 15) is 0 Å². The predicted molar refractivity (Wildman–Crippen MR) is 120 cm³/mol. The van der Waals surface area contributed by atoms with E-state index in [1.165, 1.54) is 18.4 Å². The number of piperidine rings is 1. The fourth-order valence-electron chi connectivity index (χ4n) is 3.65. The van der Waals surface area contributed by atoms with E-state index in [0.29, 0.717) is 11.8 Å². The number of anilines is 1. The molecule has 1 aliphatic rings. The smallest absolute Gasteiger partial charge is 0.186 e. The zero-order chi connectivity index (χ0) is 19.5. The summed E-state index contributed by atoms with van der Waals surface area (Å²) in [6.07, 6.45) is 3.45. The maximum absolute atomic E-state index is 6.10. The minimum absolute atomic E-state index is 0.521. The van der Waals surface area contributed by atoms with Gasteiger partial charge in [-0.25, -0.2) is 4.98 Å². The van der Waals surface area contributed by atoms with Crippen molar-refractivity contribution in [1.82, 2.24) is 4.98 Å². The summed E-state index contributed by atoms with van der Waals surface area (Å²) in [7, 11) is 0. The highest BCUT2D eigenvalue weighted by Crippen LogP contribution is 2.33. The molecular formula is C22H24Cl2N2OS. The molecule has 0 N–H and O–H groups in total. The highest BCUT2D eigenvalue weighted by molar-refractivity contribution is 7.22. The van der Waals surface area contributed by atoms with Crippen LogP contribution in [0.5, 0.6) is 5.75 Å². The lowest BCUT2D eigenvalue weighted by molar-refractivity contribution is 0.257. The lowest BCUT2D eigenvalue weighted by Crippen LogP contribution is -2.34. The Labute approximate surface area is 180 Å². The first kappa shape index (κ1) is 19.8. The average Bonchev–Trinajstić information content (AvgIpc) is 3.13. The second kappa shape index (κ2) is 8.89. The molecule has 1 fully saturated rings. The molecule has 0 saturated carbocycles. The molecule has 3 nitrogen and oxygen atoms in total. The van der Waals surface area contributed by atoms with Crippen LogP contribution in [0.15, 0.2) is 36.4 Å². The number of halogens is 2. The van der Waals surface area contributed by atoms with Crippen molar-refractivity contribution in [2.75, 3.05) is 24.6 Å². The summed E-state index contributed by atoms with van der Waals surface area (Å²) in [6, 6.07) is 12.1. The fourth-order valence-corrected chi connectivity index (χ4v) is 5.11. The quantitative estimate of drug-likeness (QED) is 0.404. The van der Waals surface area contributed by atoms with Gasteiger partial charge in [-0.3, -0.25) is 0 Å². The molecule has 0 aliphatic carbocycles. The molecule has 0 amide bonds. The van der Waals surface area contributed by atoms with Gasteiger partial charge in [0.05, 0.1) is 16.8 Å². The van der Waals surface area contributed by atoms with Crippen molar-refractivity contribution in [1.29, 1.82) is 0 Å². The van der Waals surface area contributed by atoms with E-state index >= 15 is 0 Å². The molecule has 0 radical (unpaired) electrons. The third kappa shape index (κ3) is 4.56. The van der Waals surface area contributed by atoms with Crippen LogP contribution in [-0.4, -0.2) is 24.7 Å². The Bertz CT molecular complexity index is 951. The number of hydrogen-bond acceptors (Lipinski definition) is 4. The van der Waals surface area contributed by atoms with E-state index in [1.54, 1.807) is 11.3 Å². The van der Waals surface area contributed by atoms with E-state index < -0.39 is 0 Å². The van der Waals surface area contributed by atoms with Crippen LogP contribution in [0.25, 0.3) is 10.2 Å². The summed E-state index contributed by atoms with van der Waals surface area (Å²) in [5.41, 5.74) is 3.31. The third-order valence-electron chi connectivity index (χ3n) is 5.41. The fraction of sp³-hybridized carbons (Fsp3) is 0.409. The van der Waals surface area contributed by atoms with Crippen LogP contribution in [0, 0.1) is 12.8 Å². The van der Waals surface area contributed by atoms with Crippen LogP contribution in [0.2, 0.25) is 5.02 Å². The topological polar surface area (TPSA) is 25.4 Å². The summed E-state index contributed by atoms with van der Waals surface area (Å²) in [4.78, 5) is 7.19. The number of benzene rings is 2. The van der Waals surface area contributed by atoms with Crippen LogP contribution in [0.1, 0.15) is 30.4 Å². The highest BCUT2D eigenvalue weighted by atomic mass is 35.5. The van der Waals surface area contributed by atoms with Crippen LogP contribution in [-0.2, 0) is 5.88 Å². The lowest BCUT2D eigenvalue weighted by atomic mass is 9.94. The summed E-state index contributed by atoms with van der Waals surface area (Å²) in [5.74, 6) is 2.19. The second-order valence-corrected chi connectivity index (χ2v) is 9.12. The largest absolute Gasteiger partial charge is 0.493 e. The van der Waals surface area contributed by atoms with Crippen molar-refractivity contribution < 1.29 is 4.74 Å². The first-order valence-corrected chi connectivity index (χ1v) is 11.4. The van der Waals surface area contributed by atoms with Gasteiger partial charge >= 0.3 is 0 Å². The number of hydrogen-bond donors (Lipinski definition) is 0. The monoisotopic (exact) mass is 434 g/mol. The van der Waals surface area contributed by atoms with Gasteiger partial charge in [0.2, 0.25) is 0 Å². The zero-order valence-corrected chi connectivity index (χ0v) is 18.3. The first-order chi connectivity index (χ1) is 13.6. The van der Waals surface area contributed by atoms with Gasteiger partial charge in [0.1, 0.15) is 5.75 Å². The molecule has 0 unspecified atom stereocenters. The Kier molecular flexibility index (Phi) is 6.29. The van der Waals surface area contributed by atoms with Crippen molar-refractivity contribution in [3.8, 4) is 5.75 Å². The van der Waals surface area contributed by atoms with E-state index in [-0.39, 0.29) is 0 Å². The Morgan fingerprint density at radius 2 is 2.00 bits per heavy atom. The van der Waals surface area contributed by atoms with Crippen LogP contribution >= 0.6 is 34.5 Å². The van der Waals surface area contributed by atoms with E-state index in [0.717, 1.165) is 57.8 Å². The van der Waals surface area contributed by atoms with Gasteiger partial charge in [-0.15, -0.1) is 11.6 Å². The lowest BCUT2D eigenvalue weighted by Gasteiger charge is -2.31. The third-order valence-corrected chi connectivity index (χ3v) is 7.04. The molecule has 6 heteroatoms. The Hall–Kier alpha value is -1.49. The standard InChI is InChI=1S/C22H24Cl2N2OS/c1-15-2-3-17(14-23)12-20(15)27-11-8-16-6-9-26(10-7-16)22-25-19-5-4-18(24)13-21(19)28-22/h2-5,12-13,16H,6-11,14H2,1H3. The molecule has 4 rings (SSSR count). The number of aryl methyl sites for hydroxylation is 1. The molecule has 0 bridgehead atoms. The van der Waals surface area contributed by atoms with Crippen LogP contribution in [0.3, 0.4) is 0 Å². The van der Waals surface area contributed by atoms with Gasteiger partial charge in [-0.1, -0.05) is 35.1 Å². The molecule has 28 heavy (non-hydrogen) atoms. The van der Waals surface area contributed by atoms with Gasteiger partial charge in [-0.05, 0) is 67.5 Å². The molecule has 3 aromatic rings. The van der Waals surface area contributed by atoms with Crippen molar-refractivity contribution in [2.45, 2.75) is 32.1 Å². The number of rotatable bonds is 6. The Balaban J connectivity index is 1.28. The average molecular weight is 435 g/mol. The maximum Gasteiger partial charge on any atom is 0.186 e. The molecule has 0 spiro atoms. The Morgan fingerprint density at radius 3 is 2.79 bits per heavy atom. The number of fused-ring (bicyclic) bond motifs is 1. The van der Waals surface area contributed by atoms with Crippen molar-refractivity contribution in [3.05, 3.63) is 52.5 Å². The number of alkyl halides is 1. The number of aromatic nitrogens is 1. The van der Waals surface area contributed by atoms with Crippen LogP contribution < -0.4 is 9.64 Å². The highest BCUT2D eigenvalue weighted by Gasteiger charge is 2.21. The second-order valence-electron chi connectivity index (χ2n) is 7.41. The van der Waals surface area contributed by atoms with Crippen molar-refractivity contribution in [2.24, 2.45) is 5.92 Å². The minimum atomic E-state index is 0.521. The molecule has 1 aromatic heterocycles. The van der Waals surface area contributed by atoms with Gasteiger partial charge in [0.25, 0.3) is 0 Å². The summed E-state index contributed by atoms with van der Waals surface area (Å²) >= 11 is 13.8. The van der Waals surface area contributed by atoms with Crippen LogP contribution in [0.4, 0.5) is 5.13 Å². The number of nitrogens with zero attached hydrogens (tertiary/aromatic N) is 2. The SMILES string of the molecule is Cc1ccc(CCl)cc1OCCC1CCN(c2nc3ccc(Cl)cc3s2)CC1. The number of ether oxygens (including phenoxy) is 1. The summed E-state index contributed by atoms with van der Waals surface area (Å²) in [5, 5.41) is 1.88. The van der Waals surface area contributed by atoms with Gasteiger partial charge in [-0.2, -0.15) is 0 Å². The van der Waals surface area contributed by atoms with Gasteiger partial charge < -0.3 is 9.64 Å². The van der Waals surface area contributed by atoms with E-state index in [1.807, 2.05) is 18.2 Å². The van der Waals surface area contributed by atoms with E-state index in [2.05, 4.69) is 30.0 Å². The maximum atomic E-state index is 6.10. The first-order valence-electron chi connectivity index (χ1n) is 9.71. The molecule has 1 aliphatic heterocycles. The molecule has 2 aromatic carbocycles. The number of thiazole rings is 1.